The molecule has 0 saturated carbocycles. The van der Waals surface area contributed by atoms with Crippen LogP contribution in [0.5, 0.6) is 0 Å². The van der Waals surface area contributed by atoms with E-state index in [2.05, 4.69) is 19.2 Å². The summed E-state index contributed by atoms with van der Waals surface area (Å²) in [6.07, 6.45) is 2.15. The van der Waals surface area contributed by atoms with Crippen molar-refractivity contribution in [2.45, 2.75) is 39.7 Å². The summed E-state index contributed by atoms with van der Waals surface area (Å²) >= 11 is 0. The van der Waals surface area contributed by atoms with Crippen LogP contribution in [-0.2, 0) is 14.3 Å². The zero-order chi connectivity index (χ0) is 12.4. The monoisotopic (exact) mass is 231 g/mol. The Balaban J connectivity index is 3.46. The van der Waals surface area contributed by atoms with Crippen molar-refractivity contribution < 1.29 is 14.3 Å². The Morgan fingerprint density at radius 2 is 1.88 bits per heavy atom. The summed E-state index contributed by atoms with van der Waals surface area (Å²) in [5.74, 6) is 0.629. The summed E-state index contributed by atoms with van der Waals surface area (Å²) < 4.78 is 9.94. The van der Waals surface area contributed by atoms with Crippen LogP contribution in [0.3, 0.4) is 0 Å². The second-order valence-electron chi connectivity index (χ2n) is 4.49. The summed E-state index contributed by atoms with van der Waals surface area (Å²) in [6.45, 7) is 7.50. The van der Waals surface area contributed by atoms with E-state index in [-0.39, 0.29) is 18.6 Å². The average molecular weight is 231 g/mol. The van der Waals surface area contributed by atoms with E-state index in [1.54, 1.807) is 7.11 Å². The highest BCUT2D eigenvalue weighted by Gasteiger charge is 2.07. The van der Waals surface area contributed by atoms with Crippen LogP contribution < -0.4 is 5.32 Å². The number of carbonyl (C=O) groups is 1. The van der Waals surface area contributed by atoms with Crippen molar-refractivity contribution in [3.63, 3.8) is 0 Å². The zero-order valence-corrected chi connectivity index (χ0v) is 10.9. The Morgan fingerprint density at radius 3 is 2.44 bits per heavy atom. The first-order valence-electron chi connectivity index (χ1n) is 5.92. The third-order valence-corrected chi connectivity index (χ3v) is 2.25. The van der Waals surface area contributed by atoms with Crippen LogP contribution in [0.15, 0.2) is 0 Å². The van der Waals surface area contributed by atoms with Gasteiger partial charge in [-0.2, -0.15) is 0 Å². The highest BCUT2D eigenvalue weighted by atomic mass is 16.5. The van der Waals surface area contributed by atoms with Gasteiger partial charge in [0.15, 0.2) is 0 Å². The molecule has 4 heteroatoms. The molecule has 0 spiro atoms. The lowest BCUT2D eigenvalue weighted by molar-refractivity contribution is -0.126. The van der Waals surface area contributed by atoms with Gasteiger partial charge in [0, 0.05) is 13.2 Å². The van der Waals surface area contributed by atoms with E-state index in [0.29, 0.717) is 19.1 Å². The van der Waals surface area contributed by atoms with Gasteiger partial charge >= 0.3 is 0 Å². The number of methoxy groups -OCH3 is 1. The highest BCUT2D eigenvalue weighted by Crippen LogP contribution is 2.06. The van der Waals surface area contributed by atoms with Crippen molar-refractivity contribution in [1.82, 2.24) is 5.32 Å². The number of hydrogen-bond acceptors (Lipinski definition) is 3. The predicted molar refractivity (Wildman–Crippen MR) is 64.4 cm³/mol. The molecule has 1 atom stereocenters. The van der Waals surface area contributed by atoms with Gasteiger partial charge in [-0.1, -0.05) is 13.8 Å². The van der Waals surface area contributed by atoms with E-state index < -0.39 is 0 Å². The van der Waals surface area contributed by atoms with Crippen LogP contribution in [0.25, 0.3) is 0 Å². The maximum atomic E-state index is 11.4. The maximum Gasteiger partial charge on any atom is 0.246 e. The molecule has 0 fully saturated rings. The SMILES string of the molecule is COCCOCC(=O)NC(C)CCC(C)C. The van der Waals surface area contributed by atoms with Crippen LogP contribution in [-0.4, -0.2) is 38.9 Å². The largest absolute Gasteiger partial charge is 0.382 e. The van der Waals surface area contributed by atoms with Gasteiger partial charge in [0.1, 0.15) is 6.61 Å². The van der Waals surface area contributed by atoms with Gasteiger partial charge in [-0.25, -0.2) is 0 Å². The van der Waals surface area contributed by atoms with E-state index in [4.69, 9.17) is 9.47 Å². The number of ether oxygens (including phenoxy) is 2. The molecule has 1 amide bonds. The van der Waals surface area contributed by atoms with Gasteiger partial charge < -0.3 is 14.8 Å². The molecule has 0 aliphatic carbocycles. The van der Waals surface area contributed by atoms with Gasteiger partial charge in [0.25, 0.3) is 0 Å². The number of rotatable bonds is 9. The normalized spacial score (nSPS) is 12.8. The predicted octanol–water partition coefficient (Wildman–Crippen LogP) is 1.59. The van der Waals surface area contributed by atoms with Crippen molar-refractivity contribution in [3.8, 4) is 0 Å². The first-order chi connectivity index (χ1) is 7.56. The fourth-order valence-electron chi connectivity index (χ4n) is 1.28. The Hall–Kier alpha value is -0.610. The fraction of sp³-hybridized carbons (Fsp3) is 0.917. The molecular formula is C12H25NO3. The van der Waals surface area contributed by atoms with Crippen LogP contribution in [0.2, 0.25) is 0 Å². The molecule has 96 valence electrons. The first kappa shape index (κ1) is 15.4. The van der Waals surface area contributed by atoms with Gasteiger partial charge in [-0.15, -0.1) is 0 Å². The van der Waals surface area contributed by atoms with Gasteiger partial charge in [-0.3, -0.25) is 4.79 Å². The van der Waals surface area contributed by atoms with Crippen molar-refractivity contribution >= 4 is 5.91 Å². The van der Waals surface area contributed by atoms with Crippen LogP contribution in [0.1, 0.15) is 33.6 Å². The molecule has 0 saturated heterocycles. The molecule has 0 bridgehead atoms. The lowest BCUT2D eigenvalue weighted by Crippen LogP contribution is -2.35. The second kappa shape index (κ2) is 9.60. The van der Waals surface area contributed by atoms with Gasteiger partial charge in [0.05, 0.1) is 13.2 Å². The van der Waals surface area contributed by atoms with Crippen LogP contribution >= 0.6 is 0 Å². The quantitative estimate of drug-likeness (QED) is 0.613. The topological polar surface area (TPSA) is 47.6 Å². The minimum atomic E-state index is -0.0487. The molecule has 4 nitrogen and oxygen atoms in total. The average Bonchev–Trinajstić information content (AvgIpc) is 2.21. The molecule has 0 aliphatic heterocycles. The molecule has 0 aliphatic rings. The van der Waals surface area contributed by atoms with E-state index >= 15 is 0 Å². The van der Waals surface area contributed by atoms with Crippen molar-refractivity contribution in [1.29, 1.82) is 0 Å². The number of carbonyl (C=O) groups excluding carboxylic acids is 1. The summed E-state index contributed by atoms with van der Waals surface area (Å²) in [4.78, 5) is 11.4. The molecule has 0 aromatic rings. The second-order valence-corrected chi connectivity index (χ2v) is 4.49. The summed E-state index contributed by atoms with van der Waals surface area (Å²) in [5, 5.41) is 2.91. The molecule has 0 heterocycles. The molecule has 16 heavy (non-hydrogen) atoms. The fourth-order valence-corrected chi connectivity index (χ4v) is 1.28. The molecule has 0 aromatic carbocycles. The van der Waals surface area contributed by atoms with Gasteiger partial charge in [0.2, 0.25) is 5.91 Å². The molecule has 1 N–H and O–H groups in total. The number of amides is 1. The molecule has 0 rings (SSSR count). The Labute approximate surface area is 98.7 Å². The van der Waals surface area contributed by atoms with E-state index in [9.17, 15) is 4.79 Å². The Bertz CT molecular complexity index is 183. The number of hydrogen-bond donors (Lipinski definition) is 1. The summed E-state index contributed by atoms with van der Waals surface area (Å²) in [5.41, 5.74) is 0. The smallest absolute Gasteiger partial charge is 0.246 e. The zero-order valence-electron chi connectivity index (χ0n) is 10.9. The Kier molecular flexibility index (Phi) is 9.24. The van der Waals surface area contributed by atoms with Crippen molar-refractivity contribution in [2.24, 2.45) is 5.92 Å². The van der Waals surface area contributed by atoms with E-state index in [1.165, 1.54) is 0 Å². The maximum absolute atomic E-state index is 11.4. The third kappa shape index (κ3) is 9.93. The van der Waals surface area contributed by atoms with Gasteiger partial charge in [-0.05, 0) is 25.7 Å². The standard InChI is InChI=1S/C12H25NO3/c1-10(2)5-6-11(3)13-12(14)9-16-8-7-15-4/h10-11H,5-9H2,1-4H3,(H,13,14). The lowest BCUT2D eigenvalue weighted by Gasteiger charge is -2.15. The van der Waals surface area contributed by atoms with Crippen LogP contribution in [0.4, 0.5) is 0 Å². The van der Waals surface area contributed by atoms with E-state index in [0.717, 1.165) is 12.8 Å². The minimum absolute atomic E-state index is 0.0487. The third-order valence-electron chi connectivity index (χ3n) is 2.25. The number of nitrogens with one attached hydrogen (secondary N) is 1. The molecule has 1 unspecified atom stereocenters. The first-order valence-corrected chi connectivity index (χ1v) is 5.92. The Morgan fingerprint density at radius 1 is 1.19 bits per heavy atom. The molecule has 0 aromatic heterocycles. The minimum Gasteiger partial charge on any atom is -0.382 e. The van der Waals surface area contributed by atoms with Crippen molar-refractivity contribution in [3.05, 3.63) is 0 Å². The van der Waals surface area contributed by atoms with Crippen molar-refractivity contribution in [2.75, 3.05) is 26.9 Å². The van der Waals surface area contributed by atoms with E-state index in [1.807, 2.05) is 6.92 Å². The van der Waals surface area contributed by atoms with Crippen LogP contribution in [0, 0.1) is 5.92 Å². The molecule has 0 radical (unpaired) electrons. The lowest BCUT2D eigenvalue weighted by atomic mass is 10.0. The highest BCUT2D eigenvalue weighted by molar-refractivity contribution is 5.77. The summed E-state index contributed by atoms with van der Waals surface area (Å²) in [6, 6.07) is 0.223. The molecular weight excluding hydrogens is 206 g/mol. The summed E-state index contributed by atoms with van der Waals surface area (Å²) in [7, 11) is 1.61.